The van der Waals surface area contributed by atoms with Crippen LogP contribution in [0.4, 0.5) is 10.1 Å². The zero-order chi connectivity index (χ0) is 24.9. The number of rotatable bonds is 6. The zero-order valence-electron chi connectivity index (χ0n) is 20.3. The van der Waals surface area contributed by atoms with Gasteiger partial charge in [-0.2, -0.15) is 0 Å². The van der Waals surface area contributed by atoms with Crippen LogP contribution in [0, 0.1) is 5.82 Å². The van der Waals surface area contributed by atoms with Crippen molar-refractivity contribution in [3.63, 3.8) is 0 Å². The lowest BCUT2D eigenvalue weighted by Gasteiger charge is -2.35. The molecule has 1 saturated heterocycles. The molecule has 1 aliphatic heterocycles. The molecule has 5 nitrogen and oxygen atoms in total. The maximum atomic E-state index is 14.2. The second kappa shape index (κ2) is 9.31. The number of aldehydes is 1. The fourth-order valence-electron chi connectivity index (χ4n) is 6.12. The Morgan fingerprint density at radius 2 is 1.83 bits per heavy atom. The van der Waals surface area contributed by atoms with Crippen LogP contribution < -0.4 is 5.32 Å². The highest BCUT2D eigenvalue weighted by molar-refractivity contribution is 6.32. The molecule has 2 N–H and O–H groups in total. The molecule has 2 heterocycles. The number of phenols is 1. The molecule has 0 unspecified atom stereocenters. The number of carbonyl (C=O) groups excluding carboxylic acids is 1. The number of aromatic hydroxyl groups is 1. The lowest BCUT2D eigenvalue weighted by Crippen LogP contribution is -2.39. The lowest BCUT2D eigenvalue weighted by atomic mass is 9.88. The SMILES string of the molecule is O=CC1(c2cnc3ccc(-c4cc(F)c(O)c(Cl)c4)cc3c2NC2CCC(N3CCCC3)CC2)CC1. The lowest BCUT2D eigenvalue weighted by molar-refractivity contribution is -0.109. The Hall–Kier alpha value is -2.70. The third-order valence-corrected chi connectivity index (χ3v) is 8.76. The first-order chi connectivity index (χ1) is 17.5. The number of anilines is 1. The predicted octanol–water partition coefficient (Wildman–Crippen LogP) is 6.45. The minimum atomic E-state index is -0.754. The van der Waals surface area contributed by atoms with Crippen molar-refractivity contribution in [2.75, 3.05) is 18.4 Å². The van der Waals surface area contributed by atoms with Crippen molar-refractivity contribution in [1.82, 2.24) is 9.88 Å². The minimum absolute atomic E-state index is 0.0250. The first-order valence-electron chi connectivity index (χ1n) is 13.1. The van der Waals surface area contributed by atoms with Gasteiger partial charge in [0.1, 0.15) is 6.29 Å². The predicted molar refractivity (Wildman–Crippen MR) is 141 cm³/mol. The van der Waals surface area contributed by atoms with Crippen LogP contribution in [0.1, 0.15) is 56.9 Å². The number of nitrogens with zero attached hydrogens (tertiary/aromatic N) is 2. The number of aromatic nitrogens is 1. The van der Waals surface area contributed by atoms with Crippen LogP contribution in [-0.2, 0) is 10.2 Å². The summed E-state index contributed by atoms with van der Waals surface area (Å²) in [5, 5.41) is 14.5. The van der Waals surface area contributed by atoms with Crippen molar-refractivity contribution in [3.8, 4) is 16.9 Å². The van der Waals surface area contributed by atoms with E-state index in [2.05, 4.69) is 10.2 Å². The number of benzene rings is 2. The number of hydrogen-bond acceptors (Lipinski definition) is 5. The molecular weight excluding hydrogens is 477 g/mol. The number of carbonyl (C=O) groups is 1. The van der Waals surface area contributed by atoms with Crippen LogP contribution >= 0.6 is 11.6 Å². The van der Waals surface area contributed by atoms with Gasteiger partial charge in [0.05, 0.1) is 16.0 Å². The molecular formula is C29H31ClFN3O2. The van der Waals surface area contributed by atoms with Crippen LogP contribution in [0.15, 0.2) is 36.5 Å². The van der Waals surface area contributed by atoms with Crippen LogP contribution in [0.3, 0.4) is 0 Å². The van der Waals surface area contributed by atoms with E-state index >= 15 is 0 Å². The van der Waals surface area contributed by atoms with Crippen molar-refractivity contribution >= 4 is 34.5 Å². The van der Waals surface area contributed by atoms with Gasteiger partial charge in [-0.05, 0) is 99.8 Å². The molecule has 0 spiro atoms. The van der Waals surface area contributed by atoms with Gasteiger partial charge in [-0.25, -0.2) is 4.39 Å². The smallest absolute Gasteiger partial charge is 0.170 e. The minimum Gasteiger partial charge on any atom is -0.504 e. The summed E-state index contributed by atoms with van der Waals surface area (Å²) in [6, 6.07) is 9.67. The Kier molecular flexibility index (Phi) is 6.12. The monoisotopic (exact) mass is 507 g/mol. The normalized spacial score (nSPS) is 23.6. The Morgan fingerprint density at radius 1 is 1.08 bits per heavy atom. The summed E-state index contributed by atoms with van der Waals surface area (Å²) >= 11 is 6.06. The molecule has 2 aromatic carbocycles. The van der Waals surface area contributed by atoms with Crippen LogP contribution in [-0.4, -0.2) is 46.4 Å². The molecule has 188 valence electrons. The summed E-state index contributed by atoms with van der Waals surface area (Å²) in [6.45, 7) is 2.46. The van der Waals surface area contributed by atoms with E-state index in [1.807, 2.05) is 24.4 Å². The highest BCUT2D eigenvalue weighted by Gasteiger charge is 2.46. The van der Waals surface area contributed by atoms with Gasteiger partial charge in [-0.3, -0.25) is 4.98 Å². The molecule has 0 atom stereocenters. The van der Waals surface area contributed by atoms with Gasteiger partial charge in [0.25, 0.3) is 0 Å². The number of halogens is 2. The third kappa shape index (κ3) is 4.24. The summed E-state index contributed by atoms with van der Waals surface area (Å²) in [7, 11) is 0. The Bertz CT molecular complexity index is 1290. The van der Waals surface area contributed by atoms with Gasteiger partial charge in [-0.1, -0.05) is 17.7 Å². The molecule has 36 heavy (non-hydrogen) atoms. The number of phenolic OH excluding ortho intramolecular Hbond substituents is 1. The van der Waals surface area contributed by atoms with Crippen molar-refractivity contribution in [2.45, 2.75) is 68.9 Å². The molecule has 2 saturated carbocycles. The van der Waals surface area contributed by atoms with E-state index in [0.29, 0.717) is 17.6 Å². The molecule has 0 radical (unpaired) electrons. The van der Waals surface area contributed by atoms with Crippen LogP contribution in [0.5, 0.6) is 5.75 Å². The van der Waals surface area contributed by atoms with Crippen molar-refractivity contribution in [1.29, 1.82) is 0 Å². The fourth-order valence-corrected chi connectivity index (χ4v) is 6.33. The molecule has 0 amide bonds. The number of hydrogen-bond donors (Lipinski definition) is 2. The Labute approximate surface area is 215 Å². The molecule has 7 heteroatoms. The summed E-state index contributed by atoms with van der Waals surface area (Å²) in [4.78, 5) is 19.5. The number of likely N-dealkylation sites (tertiary alicyclic amines) is 1. The van der Waals surface area contributed by atoms with Gasteiger partial charge in [-0.15, -0.1) is 0 Å². The third-order valence-electron chi connectivity index (χ3n) is 8.47. The van der Waals surface area contributed by atoms with Gasteiger partial charge < -0.3 is 20.1 Å². The largest absolute Gasteiger partial charge is 0.504 e. The fraction of sp³-hybridized carbons (Fsp3) is 0.448. The van der Waals surface area contributed by atoms with Crippen LogP contribution in [0.25, 0.3) is 22.0 Å². The highest BCUT2D eigenvalue weighted by atomic mass is 35.5. The van der Waals surface area contributed by atoms with E-state index < -0.39 is 17.0 Å². The maximum absolute atomic E-state index is 14.2. The van der Waals surface area contributed by atoms with E-state index in [0.717, 1.165) is 59.7 Å². The van der Waals surface area contributed by atoms with Gasteiger partial charge in [0, 0.05) is 34.9 Å². The summed E-state index contributed by atoms with van der Waals surface area (Å²) in [5.41, 5.74) is 3.64. The van der Waals surface area contributed by atoms with Gasteiger partial charge >= 0.3 is 0 Å². The average molecular weight is 508 g/mol. The summed E-state index contributed by atoms with van der Waals surface area (Å²) < 4.78 is 14.2. The standard InChI is InChI=1S/C29H31ClFN3O2/c30-24-14-19(15-25(31)28(24)36)18-3-8-26-22(13-18)27(23(16-32-26)29(17-35)9-10-29)33-20-4-6-21(7-5-20)34-11-1-2-12-34/h3,8,13-17,20-21,36H,1-2,4-7,9-12H2,(H,32,33). The molecule has 3 aliphatic rings. The number of fused-ring (bicyclic) bond motifs is 1. The summed E-state index contributed by atoms with van der Waals surface area (Å²) in [5.74, 6) is -1.30. The van der Waals surface area contributed by atoms with E-state index in [4.69, 9.17) is 16.6 Å². The number of nitrogens with one attached hydrogen (secondary N) is 1. The van der Waals surface area contributed by atoms with Crippen molar-refractivity contribution in [3.05, 3.63) is 52.9 Å². The molecule has 0 bridgehead atoms. The second-order valence-corrected chi connectivity index (χ2v) is 11.1. The van der Waals surface area contributed by atoms with E-state index in [-0.39, 0.29) is 5.02 Å². The molecule has 3 fully saturated rings. The first-order valence-corrected chi connectivity index (χ1v) is 13.4. The maximum Gasteiger partial charge on any atom is 0.170 e. The summed E-state index contributed by atoms with van der Waals surface area (Å²) in [6.07, 6.45) is 11.8. The van der Waals surface area contributed by atoms with E-state index in [1.165, 1.54) is 44.8 Å². The molecule has 1 aromatic heterocycles. The first kappa shape index (κ1) is 23.7. The Balaban J connectivity index is 1.37. The van der Waals surface area contributed by atoms with Crippen molar-refractivity contribution in [2.24, 2.45) is 0 Å². The highest BCUT2D eigenvalue weighted by Crippen LogP contribution is 2.50. The quantitative estimate of drug-likeness (QED) is 0.375. The zero-order valence-corrected chi connectivity index (χ0v) is 21.0. The average Bonchev–Trinajstić information content (AvgIpc) is 3.50. The second-order valence-electron chi connectivity index (χ2n) is 10.7. The Morgan fingerprint density at radius 3 is 2.50 bits per heavy atom. The van der Waals surface area contributed by atoms with E-state index in [9.17, 15) is 14.3 Å². The molecule has 3 aromatic rings. The molecule has 6 rings (SSSR count). The molecule has 2 aliphatic carbocycles. The number of pyridine rings is 1. The van der Waals surface area contributed by atoms with Gasteiger partial charge in [0.15, 0.2) is 11.6 Å². The van der Waals surface area contributed by atoms with Gasteiger partial charge in [0.2, 0.25) is 0 Å². The van der Waals surface area contributed by atoms with Crippen LogP contribution in [0.2, 0.25) is 5.02 Å². The topological polar surface area (TPSA) is 65.5 Å². The van der Waals surface area contributed by atoms with E-state index in [1.54, 1.807) is 6.07 Å². The van der Waals surface area contributed by atoms with Crippen molar-refractivity contribution < 1.29 is 14.3 Å².